The first kappa shape index (κ1) is 17.4. The number of nitrogens with zero attached hydrogens (tertiary/aromatic N) is 2. The van der Waals surface area contributed by atoms with Crippen LogP contribution in [0.2, 0.25) is 0 Å². The summed E-state index contributed by atoms with van der Waals surface area (Å²) in [7, 11) is 0. The van der Waals surface area contributed by atoms with Crippen LogP contribution in [0.25, 0.3) is 21.3 Å². The van der Waals surface area contributed by atoms with Gasteiger partial charge >= 0.3 is 0 Å². The molecular formula is C20H23N3O2S. The molecule has 6 heteroatoms. The molecular weight excluding hydrogens is 346 g/mol. The molecule has 5 nitrogen and oxygen atoms in total. The lowest BCUT2D eigenvalue weighted by atomic mass is 10.0. The molecule has 26 heavy (non-hydrogen) atoms. The maximum absolute atomic E-state index is 12.8. The number of H-pyrrole nitrogens is 1. The molecule has 2 atom stereocenters. The van der Waals surface area contributed by atoms with Crippen molar-refractivity contribution in [2.24, 2.45) is 0 Å². The molecule has 0 spiro atoms. The van der Waals surface area contributed by atoms with Gasteiger partial charge in [-0.2, -0.15) is 0 Å². The largest absolute Gasteiger partial charge is 0.373 e. The van der Waals surface area contributed by atoms with Crippen LogP contribution in [-0.2, 0) is 11.3 Å². The van der Waals surface area contributed by atoms with Gasteiger partial charge in [-0.25, -0.2) is 4.98 Å². The average molecular weight is 369 g/mol. The van der Waals surface area contributed by atoms with Crippen molar-refractivity contribution in [3.05, 3.63) is 51.4 Å². The highest BCUT2D eigenvalue weighted by Crippen LogP contribution is 2.35. The molecule has 1 saturated heterocycles. The number of rotatable bonds is 3. The molecule has 1 aliphatic heterocycles. The Morgan fingerprint density at radius 3 is 2.62 bits per heavy atom. The second-order valence-corrected chi connectivity index (χ2v) is 8.25. The summed E-state index contributed by atoms with van der Waals surface area (Å²) in [5.41, 5.74) is 2.01. The summed E-state index contributed by atoms with van der Waals surface area (Å²) >= 11 is 1.59. The van der Waals surface area contributed by atoms with Gasteiger partial charge in [-0.3, -0.25) is 9.69 Å². The molecule has 1 aliphatic rings. The van der Waals surface area contributed by atoms with Crippen molar-refractivity contribution >= 4 is 21.6 Å². The van der Waals surface area contributed by atoms with Crippen LogP contribution in [-0.4, -0.2) is 40.2 Å². The maximum Gasteiger partial charge on any atom is 0.260 e. The lowest BCUT2D eigenvalue weighted by Crippen LogP contribution is -2.45. The highest BCUT2D eigenvalue weighted by atomic mass is 32.1. The van der Waals surface area contributed by atoms with Crippen molar-refractivity contribution in [3.63, 3.8) is 0 Å². The van der Waals surface area contributed by atoms with E-state index in [0.29, 0.717) is 11.9 Å². The number of hydrogen-bond acceptors (Lipinski definition) is 5. The zero-order valence-electron chi connectivity index (χ0n) is 15.3. The molecule has 0 bridgehead atoms. The predicted molar refractivity (Wildman–Crippen MR) is 106 cm³/mol. The third-order valence-electron chi connectivity index (χ3n) is 4.72. The summed E-state index contributed by atoms with van der Waals surface area (Å²) in [6.45, 7) is 8.56. The number of aryl methyl sites for hydroxylation is 1. The molecule has 0 saturated carbocycles. The molecule has 4 rings (SSSR count). The van der Waals surface area contributed by atoms with Crippen molar-refractivity contribution in [2.75, 3.05) is 13.1 Å². The lowest BCUT2D eigenvalue weighted by Gasteiger charge is -2.34. The van der Waals surface area contributed by atoms with Gasteiger partial charge in [0.15, 0.2) is 0 Å². The van der Waals surface area contributed by atoms with Crippen LogP contribution in [0.4, 0.5) is 0 Å². The quantitative estimate of drug-likeness (QED) is 0.767. The minimum atomic E-state index is -0.0532. The normalized spacial score (nSPS) is 21.3. The van der Waals surface area contributed by atoms with E-state index in [1.165, 1.54) is 0 Å². The smallest absolute Gasteiger partial charge is 0.260 e. The van der Waals surface area contributed by atoms with Gasteiger partial charge in [-0.15, -0.1) is 11.3 Å². The van der Waals surface area contributed by atoms with E-state index in [4.69, 9.17) is 9.72 Å². The third kappa shape index (κ3) is 3.32. The van der Waals surface area contributed by atoms with E-state index >= 15 is 0 Å². The zero-order valence-corrected chi connectivity index (χ0v) is 16.1. The molecule has 0 unspecified atom stereocenters. The van der Waals surface area contributed by atoms with Crippen LogP contribution in [0, 0.1) is 6.92 Å². The van der Waals surface area contributed by atoms with Gasteiger partial charge in [-0.1, -0.05) is 30.3 Å². The Kier molecular flexibility index (Phi) is 4.65. The van der Waals surface area contributed by atoms with Gasteiger partial charge in [0.05, 0.1) is 24.1 Å². The monoisotopic (exact) mass is 369 g/mol. The van der Waals surface area contributed by atoms with Crippen LogP contribution in [0.5, 0.6) is 0 Å². The Morgan fingerprint density at radius 2 is 1.92 bits per heavy atom. The molecule has 0 radical (unpaired) electrons. The van der Waals surface area contributed by atoms with Gasteiger partial charge in [0, 0.05) is 23.5 Å². The molecule has 1 N–H and O–H groups in total. The number of aromatic amines is 1. The Balaban J connectivity index is 1.71. The fourth-order valence-electron chi connectivity index (χ4n) is 3.82. The minimum absolute atomic E-state index is 0.0532. The molecule has 0 amide bonds. The van der Waals surface area contributed by atoms with E-state index in [1.54, 1.807) is 11.3 Å². The third-order valence-corrected chi connectivity index (χ3v) is 5.72. The van der Waals surface area contributed by atoms with Crippen molar-refractivity contribution in [1.29, 1.82) is 0 Å². The fraction of sp³-hybridized carbons (Fsp3) is 0.400. The molecule has 3 heterocycles. The van der Waals surface area contributed by atoms with Gasteiger partial charge in [-0.05, 0) is 26.3 Å². The topological polar surface area (TPSA) is 58.2 Å². The van der Waals surface area contributed by atoms with Crippen LogP contribution < -0.4 is 5.56 Å². The highest BCUT2D eigenvalue weighted by molar-refractivity contribution is 7.19. The summed E-state index contributed by atoms with van der Waals surface area (Å²) < 4.78 is 5.78. The first-order chi connectivity index (χ1) is 12.5. The highest BCUT2D eigenvalue weighted by Gasteiger charge is 2.23. The molecule has 1 fully saturated rings. The Hall–Kier alpha value is -2.02. The number of morpholine rings is 1. The number of fused-ring (bicyclic) bond motifs is 1. The second kappa shape index (κ2) is 6.95. The number of thiophene rings is 1. The lowest BCUT2D eigenvalue weighted by molar-refractivity contribution is -0.0710. The van der Waals surface area contributed by atoms with Crippen LogP contribution in [0.1, 0.15) is 24.5 Å². The molecule has 136 valence electrons. The van der Waals surface area contributed by atoms with Crippen LogP contribution in [0.15, 0.2) is 35.1 Å². The standard InChI is InChI=1S/C20H23N3O2S/c1-12-9-23(10-13(2)25-12)11-16-21-19(24)18-17(14(3)26-20(18)22-16)15-7-5-4-6-8-15/h4-8,12-13H,9-11H2,1-3H3,(H,21,22,24)/t12-,13-/m0/s1. The van der Waals surface area contributed by atoms with Crippen molar-refractivity contribution < 1.29 is 4.74 Å². The predicted octanol–water partition coefficient (Wildman–Crippen LogP) is 3.57. The first-order valence-electron chi connectivity index (χ1n) is 8.97. The van der Waals surface area contributed by atoms with Crippen molar-refractivity contribution in [2.45, 2.75) is 39.5 Å². The van der Waals surface area contributed by atoms with E-state index in [1.807, 2.05) is 30.3 Å². The number of benzene rings is 1. The molecule has 0 aliphatic carbocycles. The number of hydrogen-bond donors (Lipinski definition) is 1. The van der Waals surface area contributed by atoms with Crippen LogP contribution >= 0.6 is 11.3 Å². The molecule has 2 aromatic heterocycles. The SMILES string of the molecule is Cc1sc2nc(CN3C[C@H](C)O[C@@H](C)C3)[nH]c(=O)c2c1-c1ccccc1. The summed E-state index contributed by atoms with van der Waals surface area (Å²) in [4.78, 5) is 24.8. The minimum Gasteiger partial charge on any atom is -0.373 e. The average Bonchev–Trinajstić information content (AvgIpc) is 2.91. The van der Waals surface area contributed by atoms with Crippen LogP contribution in [0.3, 0.4) is 0 Å². The Morgan fingerprint density at radius 1 is 1.23 bits per heavy atom. The Bertz CT molecular complexity index is 970. The van der Waals surface area contributed by atoms with E-state index in [9.17, 15) is 4.79 Å². The van der Waals surface area contributed by atoms with Gasteiger partial charge in [0.25, 0.3) is 5.56 Å². The molecule has 3 aromatic rings. The maximum atomic E-state index is 12.8. The molecule has 1 aromatic carbocycles. The van der Waals surface area contributed by atoms with E-state index in [2.05, 4.69) is 30.7 Å². The van der Waals surface area contributed by atoms with Crippen molar-refractivity contribution in [1.82, 2.24) is 14.9 Å². The Labute approximate surface area is 156 Å². The first-order valence-corrected chi connectivity index (χ1v) is 9.78. The van der Waals surface area contributed by atoms with E-state index in [-0.39, 0.29) is 17.8 Å². The number of aromatic nitrogens is 2. The summed E-state index contributed by atoms with van der Waals surface area (Å²) in [6.07, 6.45) is 0.394. The van der Waals surface area contributed by atoms with E-state index in [0.717, 1.165) is 39.7 Å². The second-order valence-electron chi connectivity index (χ2n) is 7.04. The number of ether oxygens (including phenoxy) is 1. The summed E-state index contributed by atoms with van der Waals surface area (Å²) in [5, 5.41) is 0.700. The van der Waals surface area contributed by atoms with Gasteiger partial charge in [0.1, 0.15) is 10.7 Å². The zero-order chi connectivity index (χ0) is 18.3. The summed E-state index contributed by atoms with van der Waals surface area (Å²) in [6, 6.07) is 10.1. The van der Waals surface area contributed by atoms with E-state index < -0.39 is 0 Å². The fourth-order valence-corrected chi connectivity index (χ4v) is 4.88. The van der Waals surface area contributed by atoms with Crippen molar-refractivity contribution in [3.8, 4) is 11.1 Å². The van der Waals surface area contributed by atoms with Gasteiger partial charge in [0.2, 0.25) is 0 Å². The summed E-state index contributed by atoms with van der Waals surface area (Å²) in [5.74, 6) is 0.727. The number of nitrogens with one attached hydrogen (secondary N) is 1. The van der Waals surface area contributed by atoms with Gasteiger partial charge < -0.3 is 9.72 Å².